The van der Waals surface area contributed by atoms with E-state index in [4.69, 9.17) is 10.2 Å². The zero-order valence-corrected chi connectivity index (χ0v) is 13.5. The summed E-state index contributed by atoms with van der Waals surface area (Å²) in [7, 11) is 0.628. The first-order valence-corrected chi connectivity index (χ1v) is 13.0. The Labute approximate surface area is 113 Å². The van der Waals surface area contributed by atoms with Crippen LogP contribution in [-0.4, -0.2) is 35.5 Å². The summed E-state index contributed by atoms with van der Waals surface area (Å²) in [6.45, 7) is 1.37. The molecule has 0 aromatic heterocycles. The zero-order chi connectivity index (χ0) is 11.4. The predicted molar refractivity (Wildman–Crippen MR) is 67.0 cm³/mol. The van der Waals surface area contributed by atoms with Gasteiger partial charge >= 0.3 is 55.4 Å². The molecule has 0 aliphatic carbocycles. The van der Waals surface area contributed by atoms with E-state index in [1.54, 1.807) is 0 Å². The second-order valence-electron chi connectivity index (χ2n) is 2.33. The Bertz CT molecular complexity index is 137. The molecule has 0 saturated heterocycles. The van der Waals surface area contributed by atoms with Crippen molar-refractivity contribution in [1.29, 1.82) is 0 Å². The maximum atomic E-state index is 10.6. The molecular formula is C7H14I2O4V. The molecule has 0 rings (SSSR count). The summed E-state index contributed by atoms with van der Waals surface area (Å²) >= 11 is 4.74. The number of halogens is 2. The standard InChI is InChI=1S/C7H14O4.2HI.V/c1-2-3-7(10)11-5-6(9)4-8;;;/h6,8-9H,2-5H2,1H3;2*1H;/q;;;+2/p-2. The normalized spacial score (nSPS) is 10.9. The molecule has 2 N–H and O–H groups in total. The number of rotatable bonds is 5. The van der Waals surface area contributed by atoms with Crippen LogP contribution in [0.15, 0.2) is 0 Å². The predicted octanol–water partition coefficient (Wildman–Crippen LogP) is 1.45. The number of ether oxygens (including phenoxy) is 1. The van der Waals surface area contributed by atoms with Gasteiger partial charge in [-0.25, -0.2) is 0 Å². The molecule has 0 heterocycles. The number of hydrogen-bond acceptors (Lipinski definition) is 4. The van der Waals surface area contributed by atoms with Crippen molar-refractivity contribution in [3.8, 4) is 0 Å². The van der Waals surface area contributed by atoms with E-state index in [9.17, 15) is 4.79 Å². The van der Waals surface area contributed by atoms with Crippen LogP contribution in [0.3, 0.4) is 0 Å². The van der Waals surface area contributed by atoms with Gasteiger partial charge < -0.3 is 14.9 Å². The van der Waals surface area contributed by atoms with Crippen molar-refractivity contribution in [3.05, 3.63) is 0 Å². The van der Waals surface area contributed by atoms with Crippen LogP contribution in [-0.2, 0) is 19.0 Å². The molecule has 0 aromatic rings. The molecule has 0 amide bonds. The second-order valence-corrected chi connectivity index (χ2v) is 14.1. The van der Waals surface area contributed by atoms with E-state index in [1.165, 1.54) is 0 Å². The zero-order valence-electron chi connectivity index (χ0n) is 7.82. The summed E-state index contributed by atoms with van der Waals surface area (Å²) < 4.78 is 4.59. The molecule has 85 valence electrons. The topological polar surface area (TPSA) is 66.8 Å². The van der Waals surface area contributed by atoms with Gasteiger partial charge in [-0.2, -0.15) is 0 Å². The van der Waals surface area contributed by atoms with Crippen LogP contribution in [0.25, 0.3) is 0 Å². The van der Waals surface area contributed by atoms with Gasteiger partial charge in [-0.05, 0) is 6.42 Å². The second kappa shape index (κ2) is 14.4. The summed E-state index contributed by atoms with van der Waals surface area (Å²) in [5.74, 6) is -0.333. The van der Waals surface area contributed by atoms with Crippen LogP contribution >= 0.6 is 40.0 Å². The van der Waals surface area contributed by atoms with Crippen LogP contribution in [0, 0.1) is 0 Å². The van der Waals surface area contributed by atoms with E-state index in [0.717, 1.165) is 6.42 Å². The number of hydrogen-bond donors (Lipinski definition) is 2. The Morgan fingerprint density at radius 3 is 2.43 bits per heavy atom. The number of aliphatic hydroxyl groups is 2. The average molecular weight is 467 g/mol. The van der Waals surface area contributed by atoms with Gasteiger partial charge in [-0.3, -0.25) is 4.79 Å². The molecule has 7 heteroatoms. The summed E-state index contributed by atoms with van der Waals surface area (Å²) in [5, 5.41) is 17.1. The molecule has 0 aromatic carbocycles. The molecule has 14 heavy (non-hydrogen) atoms. The van der Waals surface area contributed by atoms with E-state index in [-0.39, 0.29) is 19.2 Å². The fourth-order valence-corrected chi connectivity index (χ4v) is 0.518. The molecule has 0 bridgehead atoms. The third-order valence-electron chi connectivity index (χ3n) is 1.10. The van der Waals surface area contributed by atoms with Gasteiger partial charge in [0.25, 0.3) is 0 Å². The van der Waals surface area contributed by atoms with Crippen LogP contribution in [0.1, 0.15) is 19.8 Å². The van der Waals surface area contributed by atoms with Gasteiger partial charge in [0.2, 0.25) is 0 Å². The van der Waals surface area contributed by atoms with Crippen LogP contribution in [0.5, 0.6) is 0 Å². The van der Waals surface area contributed by atoms with Gasteiger partial charge in [-0.15, -0.1) is 0 Å². The van der Waals surface area contributed by atoms with Gasteiger partial charge in [-0.1, -0.05) is 6.92 Å². The molecule has 0 aliphatic heterocycles. The molecular weight excluding hydrogens is 453 g/mol. The molecule has 4 nitrogen and oxygen atoms in total. The number of carbonyl (C=O) groups is 1. The van der Waals surface area contributed by atoms with Crippen molar-refractivity contribution in [1.82, 2.24) is 0 Å². The van der Waals surface area contributed by atoms with Crippen molar-refractivity contribution >= 4 is 45.9 Å². The Morgan fingerprint density at radius 1 is 1.57 bits per heavy atom. The Hall–Kier alpha value is 1.43. The van der Waals surface area contributed by atoms with E-state index >= 15 is 0 Å². The Morgan fingerprint density at radius 2 is 2.07 bits per heavy atom. The third kappa shape index (κ3) is 15.9. The van der Waals surface area contributed by atoms with Gasteiger partial charge in [0, 0.05) is 6.42 Å². The third-order valence-corrected chi connectivity index (χ3v) is 1.10. The van der Waals surface area contributed by atoms with E-state index < -0.39 is 6.10 Å². The average Bonchev–Trinajstić information content (AvgIpc) is 2.16. The molecule has 0 fully saturated rings. The molecule has 0 spiro atoms. The van der Waals surface area contributed by atoms with Gasteiger partial charge in [0.15, 0.2) is 0 Å². The van der Waals surface area contributed by atoms with Crippen molar-refractivity contribution in [2.24, 2.45) is 0 Å². The molecule has 0 radical (unpaired) electrons. The minimum absolute atomic E-state index is 0.116. The number of carbonyl (C=O) groups excluding carboxylic acids is 1. The SMILES string of the molecule is CCCC(=O)OCC(O)CO.[I][V][I]. The van der Waals surface area contributed by atoms with E-state index in [2.05, 4.69) is 44.7 Å². The molecule has 0 aliphatic rings. The van der Waals surface area contributed by atoms with Crippen LogP contribution < -0.4 is 0 Å². The van der Waals surface area contributed by atoms with Gasteiger partial charge in [0.1, 0.15) is 12.7 Å². The molecule has 1 unspecified atom stereocenters. The summed E-state index contributed by atoms with van der Waals surface area (Å²) in [5.41, 5.74) is 0. The fourth-order valence-electron chi connectivity index (χ4n) is 0.518. The molecule has 1 atom stereocenters. The van der Waals surface area contributed by atoms with E-state index in [1.807, 2.05) is 6.92 Å². The summed E-state index contributed by atoms with van der Waals surface area (Å²) in [4.78, 5) is 10.6. The fraction of sp³-hybridized carbons (Fsp3) is 0.857. The first-order valence-electron chi connectivity index (χ1n) is 3.99. The maximum absolute atomic E-state index is 10.6. The Kier molecular flexibility index (Phi) is 18.4. The summed E-state index contributed by atoms with van der Waals surface area (Å²) in [6.07, 6.45) is 0.141. The van der Waals surface area contributed by atoms with E-state index in [0.29, 0.717) is 15.9 Å². The monoisotopic (exact) mass is 467 g/mol. The first-order chi connectivity index (χ1) is 6.62. The minimum atomic E-state index is -0.948. The number of aliphatic hydroxyl groups excluding tert-OH is 2. The van der Waals surface area contributed by atoms with Crippen LogP contribution in [0.4, 0.5) is 0 Å². The van der Waals surface area contributed by atoms with Crippen molar-refractivity contribution in [3.63, 3.8) is 0 Å². The summed E-state index contributed by atoms with van der Waals surface area (Å²) in [6, 6.07) is 0. The van der Waals surface area contributed by atoms with Crippen molar-refractivity contribution < 1.29 is 29.2 Å². The first kappa shape index (κ1) is 17.8. The van der Waals surface area contributed by atoms with Crippen LogP contribution in [0.2, 0.25) is 0 Å². The van der Waals surface area contributed by atoms with Crippen molar-refractivity contribution in [2.45, 2.75) is 25.9 Å². The van der Waals surface area contributed by atoms with Crippen molar-refractivity contribution in [2.75, 3.05) is 13.2 Å². The number of esters is 1. The quantitative estimate of drug-likeness (QED) is 0.475. The molecule has 0 saturated carbocycles. The Balaban J connectivity index is 0. The van der Waals surface area contributed by atoms with Gasteiger partial charge in [0.05, 0.1) is 6.61 Å².